The summed E-state index contributed by atoms with van der Waals surface area (Å²) in [7, 11) is 0. The van der Waals surface area contributed by atoms with Gasteiger partial charge in [0.15, 0.2) is 5.84 Å². The Hall–Kier alpha value is -3.29. The van der Waals surface area contributed by atoms with Crippen molar-refractivity contribution < 1.29 is 18.7 Å². The predicted octanol–water partition coefficient (Wildman–Crippen LogP) is 1.27. The number of amidine groups is 1. The zero-order valence-electron chi connectivity index (χ0n) is 11.3. The number of carbonyl (C=O) groups is 2. The molecule has 0 radical (unpaired) electrons. The first-order valence-corrected chi connectivity index (χ1v) is 6.44. The molecule has 0 saturated carbocycles. The smallest absolute Gasteiger partial charge is 0.419 e. The third kappa shape index (κ3) is 3.23. The lowest BCUT2D eigenvalue weighted by molar-refractivity contribution is -0.120. The highest BCUT2D eigenvalue weighted by Crippen LogP contribution is 2.13. The third-order valence-electron chi connectivity index (χ3n) is 2.80. The molecule has 1 aromatic heterocycles. The van der Waals surface area contributed by atoms with Gasteiger partial charge in [0.1, 0.15) is 0 Å². The zero-order valence-corrected chi connectivity index (χ0v) is 11.3. The number of hydrogen-bond donors (Lipinski definition) is 3. The van der Waals surface area contributed by atoms with Gasteiger partial charge in [0.05, 0.1) is 12.8 Å². The fraction of sp³-hybridized carbons (Fsp3) is 0.0714. The van der Waals surface area contributed by atoms with Crippen molar-refractivity contribution >= 4 is 23.5 Å². The molecule has 0 unspecified atom stereocenters. The molecule has 3 rings (SSSR count). The molecule has 0 aliphatic carbocycles. The van der Waals surface area contributed by atoms with Crippen molar-refractivity contribution in [1.82, 2.24) is 10.7 Å². The minimum Gasteiger partial charge on any atom is -0.434 e. The second kappa shape index (κ2) is 6.00. The van der Waals surface area contributed by atoms with Crippen LogP contribution >= 0.6 is 0 Å². The summed E-state index contributed by atoms with van der Waals surface area (Å²) in [5.74, 6) is 0.484. The highest BCUT2D eigenvalue weighted by molar-refractivity contribution is 6.03. The summed E-state index contributed by atoms with van der Waals surface area (Å²) in [4.78, 5) is 22.6. The molecule has 0 atom stereocenters. The molecule has 0 spiro atoms. The van der Waals surface area contributed by atoms with E-state index in [1.54, 1.807) is 30.3 Å². The summed E-state index contributed by atoms with van der Waals surface area (Å²) < 4.78 is 9.82. The second-order valence-electron chi connectivity index (χ2n) is 4.37. The molecule has 1 aliphatic heterocycles. The van der Waals surface area contributed by atoms with Gasteiger partial charge in [-0.25, -0.2) is 10.2 Å². The Morgan fingerprint density at radius 1 is 1.27 bits per heavy atom. The van der Waals surface area contributed by atoms with Gasteiger partial charge in [-0.15, -0.1) is 0 Å². The number of rotatable bonds is 3. The summed E-state index contributed by atoms with van der Waals surface area (Å²) in [5.41, 5.74) is 3.73. The van der Waals surface area contributed by atoms with E-state index in [4.69, 9.17) is 9.15 Å². The molecule has 0 saturated heterocycles. The van der Waals surface area contributed by atoms with Gasteiger partial charge < -0.3 is 14.5 Å². The minimum atomic E-state index is -0.650. The number of furan rings is 1. The lowest BCUT2D eigenvalue weighted by atomic mass is 10.2. The van der Waals surface area contributed by atoms with Gasteiger partial charge >= 0.3 is 6.09 Å². The lowest BCUT2D eigenvalue weighted by Gasteiger charge is -2.14. The van der Waals surface area contributed by atoms with Crippen molar-refractivity contribution in [3.63, 3.8) is 0 Å². The largest absolute Gasteiger partial charge is 0.434 e. The van der Waals surface area contributed by atoms with Gasteiger partial charge in [0, 0.05) is 17.3 Å². The number of ether oxygens (including phenoxy) is 1. The van der Waals surface area contributed by atoms with Crippen LogP contribution in [0.4, 0.5) is 10.5 Å². The molecular formula is C14H12N4O4. The number of amides is 2. The lowest BCUT2D eigenvalue weighted by Crippen LogP contribution is -2.42. The average molecular weight is 300 g/mol. The van der Waals surface area contributed by atoms with Crippen LogP contribution in [0.15, 0.2) is 52.2 Å². The Labute approximate surface area is 125 Å². The van der Waals surface area contributed by atoms with Gasteiger partial charge in [0.25, 0.3) is 11.9 Å². The van der Waals surface area contributed by atoms with E-state index >= 15 is 0 Å². The van der Waals surface area contributed by atoms with E-state index in [1.165, 1.54) is 12.3 Å². The Morgan fingerprint density at radius 2 is 2.09 bits per heavy atom. The Morgan fingerprint density at radius 3 is 2.73 bits per heavy atom. The SMILES string of the molecule is O=C1CNC(c2ccc(NC(=O)Oc3ccco3)cc2)=NN1. The molecule has 0 fully saturated rings. The number of nitrogens with zero attached hydrogens (tertiary/aromatic N) is 1. The number of anilines is 1. The molecule has 112 valence electrons. The van der Waals surface area contributed by atoms with E-state index in [1.807, 2.05) is 0 Å². The molecule has 3 N–H and O–H groups in total. The Balaban J connectivity index is 1.62. The van der Waals surface area contributed by atoms with E-state index in [-0.39, 0.29) is 18.4 Å². The molecule has 0 bridgehead atoms. The summed E-state index contributed by atoms with van der Waals surface area (Å²) in [6, 6.07) is 10.0. The maximum atomic E-state index is 11.6. The van der Waals surface area contributed by atoms with Crippen LogP contribution in [0, 0.1) is 0 Å². The standard InChI is InChI=1S/C14H12N4O4/c19-11-8-15-13(18-17-11)9-3-5-10(6-4-9)16-14(20)22-12-2-1-7-21-12/h1-7H,8H2,(H,15,18)(H,16,20)(H,17,19). The van der Waals surface area contributed by atoms with Crippen LogP contribution in [0.3, 0.4) is 0 Å². The fourth-order valence-electron chi connectivity index (χ4n) is 1.80. The van der Waals surface area contributed by atoms with E-state index in [0.717, 1.165) is 5.56 Å². The minimum absolute atomic E-state index is 0.116. The fourth-order valence-corrected chi connectivity index (χ4v) is 1.80. The van der Waals surface area contributed by atoms with Crippen LogP contribution in [0.1, 0.15) is 5.56 Å². The van der Waals surface area contributed by atoms with Crippen molar-refractivity contribution in [1.29, 1.82) is 0 Å². The molecule has 22 heavy (non-hydrogen) atoms. The number of nitrogens with one attached hydrogen (secondary N) is 3. The molecule has 8 nitrogen and oxygen atoms in total. The third-order valence-corrected chi connectivity index (χ3v) is 2.80. The quantitative estimate of drug-likeness (QED) is 0.791. The first-order valence-electron chi connectivity index (χ1n) is 6.44. The van der Waals surface area contributed by atoms with E-state index in [0.29, 0.717) is 11.5 Å². The van der Waals surface area contributed by atoms with E-state index in [9.17, 15) is 9.59 Å². The highest BCUT2D eigenvalue weighted by Gasteiger charge is 2.12. The van der Waals surface area contributed by atoms with Crippen LogP contribution in [0.2, 0.25) is 0 Å². The molecule has 1 aliphatic rings. The Bertz CT molecular complexity index is 707. The van der Waals surface area contributed by atoms with E-state index in [2.05, 4.69) is 21.2 Å². The van der Waals surface area contributed by atoms with Crippen molar-refractivity contribution in [2.75, 3.05) is 11.9 Å². The predicted molar refractivity (Wildman–Crippen MR) is 77.5 cm³/mol. The van der Waals surface area contributed by atoms with Crippen LogP contribution in [0.5, 0.6) is 5.95 Å². The highest BCUT2D eigenvalue weighted by atomic mass is 16.6. The molecule has 8 heteroatoms. The second-order valence-corrected chi connectivity index (χ2v) is 4.37. The van der Waals surface area contributed by atoms with Crippen LogP contribution in [-0.2, 0) is 4.79 Å². The normalized spacial score (nSPS) is 13.6. The zero-order chi connectivity index (χ0) is 15.4. The van der Waals surface area contributed by atoms with Crippen LogP contribution < -0.4 is 20.8 Å². The van der Waals surface area contributed by atoms with Crippen molar-refractivity contribution in [2.45, 2.75) is 0 Å². The van der Waals surface area contributed by atoms with Gasteiger partial charge in [0.2, 0.25) is 0 Å². The molecular weight excluding hydrogens is 288 g/mol. The van der Waals surface area contributed by atoms with Crippen LogP contribution in [-0.4, -0.2) is 24.4 Å². The molecule has 1 aromatic carbocycles. The molecule has 2 heterocycles. The first kappa shape index (κ1) is 13.7. The molecule has 2 aromatic rings. The van der Waals surface area contributed by atoms with Crippen molar-refractivity contribution in [3.05, 3.63) is 48.2 Å². The van der Waals surface area contributed by atoms with Crippen molar-refractivity contribution in [2.24, 2.45) is 5.10 Å². The van der Waals surface area contributed by atoms with Gasteiger partial charge in [-0.3, -0.25) is 10.1 Å². The number of hydrogen-bond acceptors (Lipinski definition) is 6. The van der Waals surface area contributed by atoms with Gasteiger partial charge in [-0.1, -0.05) is 0 Å². The molecule has 2 amide bonds. The first-order chi connectivity index (χ1) is 10.7. The average Bonchev–Trinajstić information content (AvgIpc) is 3.02. The Kier molecular flexibility index (Phi) is 3.73. The van der Waals surface area contributed by atoms with Gasteiger partial charge in [-0.05, 0) is 30.3 Å². The van der Waals surface area contributed by atoms with Crippen LogP contribution in [0.25, 0.3) is 0 Å². The van der Waals surface area contributed by atoms with Gasteiger partial charge in [-0.2, -0.15) is 5.10 Å². The summed E-state index contributed by atoms with van der Waals surface area (Å²) >= 11 is 0. The topological polar surface area (TPSA) is 105 Å². The maximum absolute atomic E-state index is 11.6. The van der Waals surface area contributed by atoms with Crippen molar-refractivity contribution in [3.8, 4) is 5.95 Å². The van der Waals surface area contributed by atoms with E-state index < -0.39 is 6.09 Å². The summed E-state index contributed by atoms with van der Waals surface area (Å²) in [6.45, 7) is 0.175. The maximum Gasteiger partial charge on any atom is 0.419 e. The monoisotopic (exact) mass is 300 g/mol. The number of hydrazone groups is 1. The summed E-state index contributed by atoms with van der Waals surface area (Å²) in [6.07, 6.45) is 0.761. The number of benzene rings is 1. The number of carbonyl (C=O) groups excluding carboxylic acids is 2. The summed E-state index contributed by atoms with van der Waals surface area (Å²) in [5, 5.41) is 9.36.